The second kappa shape index (κ2) is 6.43. The topological polar surface area (TPSA) is 81.8 Å². The number of hydrogen-bond acceptors (Lipinski definition) is 5. The fourth-order valence-corrected chi connectivity index (χ4v) is 2.49. The molecule has 2 aromatic rings. The van der Waals surface area contributed by atoms with E-state index in [1.54, 1.807) is 18.2 Å². The van der Waals surface area contributed by atoms with E-state index in [0.717, 1.165) is 0 Å². The maximum Gasteiger partial charge on any atom is 0.363 e. The van der Waals surface area contributed by atoms with Gasteiger partial charge in [0.2, 0.25) is 5.90 Å². The Bertz CT molecular complexity index is 905. The SMILES string of the molecule is O=C1OC(c2ccc([N+](=O)[O-])cc2)=N/C1=C\c1ccc(Cl)cc1Cl. The number of carbonyl (C=O) groups is 1. The van der Waals surface area contributed by atoms with Crippen LogP contribution in [0.5, 0.6) is 0 Å². The molecule has 0 aliphatic carbocycles. The van der Waals surface area contributed by atoms with E-state index in [2.05, 4.69) is 4.99 Å². The second-order valence-corrected chi connectivity index (χ2v) is 5.65. The van der Waals surface area contributed by atoms with E-state index in [9.17, 15) is 14.9 Å². The van der Waals surface area contributed by atoms with E-state index < -0.39 is 10.9 Å². The van der Waals surface area contributed by atoms with E-state index in [-0.39, 0.29) is 17.3 Å². The first-order chi connectivity index (χ1) is 11.4. The summed E-state index contributed by atoms with van der Waals surface area (Å²) >= 11 is 11.9. The third-order valence-electron chi connectivity index (χ3n) is 3.20. The van der Waals surface area contributed by atoms with Gasteiger partial charge in [0.15, 0.2) is 5.70 Å². The quantitative estimate of drug-likeness (QED) is 0.353. The van der Waals surface area contributed by atoms with Gasteiger partial charge < -0.3 is 4.74 Å². The molecule has 0 saturated heterocycles. The van der Waals surface area contributed by atoms with Gasteiger partial charge in [0.25, 0.3) is 5.69 Å². The normalized spacial score (nSPS) is 15.3. The molecule has 0 amide bonds. The van der Waals surface area contributed by atoms with E-state index in [0.29, 0.717) is 21.2 Å². The summed E-state index contributed by atoms with van der Waals surface area (Å²) in [5, 5.41) is 11.5. The van der Waals surface area contributed by atoms with E-state index in [1.807, 2.05) is 0 Å². The lowest BCUT2D eigenvalue weighted by Gasteiger charge is -1.99. The van der Waals surface area contributed by atoms with Crippen molar-refractivity contribution < 1.29 is 14.5 Å². The van der Waals surface area contributed by atoms with Crippen molar-refractivity contribution in [1.82, 2.24) is 0 Å². The molecule has 0 spiro atoms. The fraction of sp³-hybridized carbons (Fsp3) is 0. The van der Waals surface area contributed by atoms with E-state index >= 15 is 0 Å². The Kier molecular flexibility index (Phi) is 4.33. The maximum absolute atomic E-state index is 11.9. The average molecular weight is 363 g/mol. The molecule has 1 aliphatic rings. The van der Waals surface area contributed by atoms with Crippen LogP contribution in [-0.4, -0.2) is 16.8 Å². The number of nitrogens with zero attached hydrogens (tertiary/aromatic N) is 2. The van der Waals surface area contributed by atoms with Gasteiger partial charge in [0.05, 0.1) is 4.92 Å². The molecule has 0 radical (unpaired) electrons. The predicted octanol–water partition coefficient (Wildman–Crippen LogP) is 4.25. The Morgan fingerprint density at radius 1 is 1.12 bits per heavy atom. The third-order valence-corrected chi connectivity index (χ3v) is 3.76. The Morgan fingerprint density at radius 3 is 2.46 bits per heavy atom. The number of esters is 1. The van der Waals surface area contributed by atoms with E-state index in [4.69, 9.17) is 27.9 Å². The number of hydrogen-bond donors (Lipinski definition) is 0. The number of rotatable bonds is 3. The molecule has 0 atom stereocenters. The van der Waals surface area contributed by atoms with Crippen LogP contribution < -0.4 is 0 Å². The van der Waals surface area contributed by atoms with Crippen LogP contribution in [0.4, 0.5) is 5.69 Å². The molecule has 0 fully saturated rings. The van der Waals surface area contributed by atoms with Crippen LogP contribution in [-0.2, 0) is 9.53 Å². The van der Waals surface area contributed by atoms with Crippen LogP contribution in [0.25, 0.3) is 6.08 Å². The summed E-state index contributed by atoms with van der Waals surface area (Å²) in [6, 6.07) is 10.4. The number of carbonyl (C=O) groups excluding carboxylic acids is 1. The van der Waals surface area contributed by atoms with Gasteiger partial charge in [-0.3, -0.25) is 10.1 Å². The van der Waals surface area contributed by atoms with Gasteiger partial charge in [-0.05, 0) is 35.9 Å². The van der Waals surface area contributed by atoms with Crippen LogP contribution in [0, 0.1) is 10.1 Å². The largest absolute Gasteiger partial charge is 0.402 e. The minimum absolute atomic E-state index is 0.0626. The van der Waals surface area contributed by atoms with Gasteiger partial charge in [0, 0.05) is 27.7 Å². The first-order valence-corrected chi connectivity index (χ1v) is 7.42. The lowest BCUT2D eigenvalue weighted by atomic mass is 10.2. The number of aliphatic imine (C=N–C) groups is 1. The minimum atomic E-state index is -0.630. The van der Waals surface area contributed by atoms with Gasteiger partial charge in [0.1, 0.15) is 0 Å². The Hall–Kier alpha value is -2.70. The van der Waals surface area contributed by atoms with Crippen molar-refractivity contribution in [3.63, 3.8) is 0 Å². The summed E-state index contributed by atoms with van der Waals surface area (Å²) in [5.41, 5.74) is 1.04. The third kappa shape index (κ3) is 3.29. The van der Waals surface area contributed by atoms with Gasteiger partial charge in [-0.1, -0.05) is 29.3 Å². The molecule has 3 rings (SSSR count). The molecule has 1 heterocycles. The summed E-state index contributed by atoms with van der Waals surface area (Å²) < 4.78 is 5.10. The van der Waals surface area contributed by atoms with Crippen molar-refractivity contribution in [2.75, 3.05) is 0 Å². The van der Waals surface area contributed by atoms with Crippen molar-refractivity contribution >= 4 is 46.8 Å². The molecule has 0 bridgehead atoms. The molecule has 0 N–H and O–H groups in total. The first-order valence-electron chi connectivity index (χ1n) is 6.66. The summed E-state index contributed by atoms with van der Waals surface area (Å²) in [6.45, 7) is 0. The second-order valence-electron chi connectivity index (χ2n) is 4.81. The molecule has 0 aromatic heterocycles. The summed E-state index contributed by atoms with van der Waals surface area (Å²) in [5.74, 6) is -0.555. The zero-order valence-corrected chi connectivity index (χ0v) is 13.4. The molecule has 2 aromatic carbocycles. The molecule has 0 saturated carbocycles. The highest BCUT2D eigenvalue weighted by atomic mass is 35.5. The number of ether oxygens (including phenoxy) is 1. The number of nitro groups is 1. The van der Waals surface area contributed by atoms with Crippen LogP contribution in [0.3, 0.4) is 0 Å². The van der Waals surface area contributed by atoms with Crippen molar-refractivity contribution in [3.8, 4) is 0 Å². The summed E-state index contributed by atoms with van der Waals surface area (Å²) in [7, 11) is 0. The lowest BCUT2D eigenvalue weighted by molar-refractivity contribution is -0.384. The zero-order valence-electron chi connectivity index (χ0n) is 11.9. The standard InChI is InChI=1S/C16H8Cl2N2O4/c17-11-4-1-10(13(18)8-11)7-14-16(21)24-15(19-14)9-2-5-12(6-3-9)20(22)23/h1-8H/b14-7-. The molecule has 8 heteroatoms. The van der Waals surface area contributed by atoms with Crippen molar-refractivity contribution in [1.29, 1.82) is 0 Å². The Morgan fingerprint density at radius 2 is 1.83 bits per heavy atom. The predicted molar refractivity (Wildman–Crippen MR) is 90.2 cm³/mol. The molecule has 6 nitrogen and oxygen atoms in total. The average Bonchev–Trinajstić information content (AvgIpc) is 2.91. The van der Waals surface area contributed by atoms with Crippen molar-refractivity contribution in [3.05, 3.63) is 79.4 Å². The van der Waals surface area contributed by atoms with Gasteiger partial charge in [-0.15, -0.1) is 0 Å². The molecule has 1 aliphatic heterocycles. The molecule has 24 heavy (non-hydrogen) atoms. The minimum Gasteiger partial charge on any atom is -0.402 e. The Labute approximate surface area is 146 Å². The molecule has 120 valence electrons. The highest BCUT2D eigenvalue weighted by molar-refractivity contribution is 6.35. The van der Waals surface area contributed by atoms with Crippen LogP contribution >= 0.6 is 23.2 Å². The van der Waals surface area contributed by atoms with Crippen LogP contribution in [0.2, 0.25) is 10.0 Å². The number of non-ortho nitro benzene ring substituents is 1. The van der Waals surface area contributed by atoms with Crippen LogP contribution in [0.1, 0.15) is 11.1 Å². The lowest BCUT2D eigenvalue weighted by Crippen LogP contribution is -2.05. The number of nitro benzene ring substituents is 1. The number of cyclic esters (lactones) is 1. The molecular formula is C16H8Cl2N2O4. The Balaban J connectivity index is 1.92. The molecular weight excluding hydrogens is 355 g/mol. The fourth-order valence-electron chi connectivity index (χ4n) is 2.02. The van der Waals surface area contributed by atoms with Gasteiger partial charge >= 0.3 is 5.97 Å². The van der Waals surface area contributed by atoms with Gasteiger partial charge in [-0.25, -0.2) is 9.79 Å². The van der Waals surface area contributed by atoms with Crippen LogP contribution in [0.15, 0.2) is 53.2 Å². The highest BCUT2D eigenvalue weighted by Gasteiger charge is 2.24. The summed E-state index contributed by atoms with van der Waals surface area (Å²) in [6.07, 6.45) is 1.49. The summed E-state index contributed by atoms with van der Waals surface area (Å²) in [4.78, 5) is 26.2. The zero-order chi connectivity index (χ0) is 17.3. The van der Waals surface area contributed by atoms with Crippen molar-refractivity contribution in [2.45, 2.75) is 0 Å². The number of benzene rings is 2. The maximum atomic E-state index is 11.9. The highest BCUT2D eigenvalue weighted by Crippen LogP contribution is 2.26. The monoisotopic (exact) mass is 362 g/mol. The number of halogens is 2. The van der Waals surface area contributed by atoms with E-state index in [1.165, 1.54) is 30.3 Å². The van der Waals surface area contributed by atoms with Crippen molar-refractivity contribution in [2.24, 2.45) is 4.99 Å². The first kappa shape index (κ1) is 16.2. The van der Waals surface area contributed by atoms with Gasteiger partial charge in [-0.2, -0.15) is 0 Å². The molecule has 0 unspecified atom stereocenters. The smallest absolute Gasteiger partial charge is 0.363 e.